The van der Waals surface area contributed by atoms with Gasteiger partial charge in [0, 0.05) is 56.9 Å². The fourth-order valence-corrected chi connectivity index (χ4v) is 4.23. The molecule has 0 unspecified atom stereocenters. The molecule has 120 valence electrons. The second-order valence-electron chi connectivity index (χ2n) is 6.58. The summed E-state index contributed by atoms with van der Waals surface area (Å²) in [5, 5.41) is 9.88. The highest BCUT2D eigenvalue weighted by molar-refractivity contribution is 5.40. The van der Waals surface area contributed by atoms with Crippen LogP contribution in [0.2, 0.25) is 0 Å². The van der Waals surface area contributed by atoms with E-state index in [2.05, 4.69) is 57.2 Å². The van der Waals surface area contributed by atoms with Crippen LogP contribution in [-0.4, -0.2) is 53.8 Å². The van der Waals surface area contributed by atoms with Crippen LogP contribution in [0.4, 0.5) is 5.82 Å². The quantitative estimate of drug-likeness (QED) is 0.941. The number of aliphatic hydroxyl groups excluding tert-OH is 1. The Morgan fingerprint density at radius 3 is 2.57 bits per heavy atom. The van der Waals surface area contributed by atoms with Gasteiger partial charge in [0.2, 0.25) is 0 Å². The molecule has 0 spiro atoms. The van der Waals surface area contributed by atoms with E-state index in [1.54, 1.807) is 0 Å². The number of nitrogens with zero attached hydrogens (tertiary/aromatic N) is 3. The molecule has 4 rings (SSSR count). The highest BCUT2D eigenvalue weighted by Crippen LogP contribution is 2.40. The van der Waals surface area contributed by atoms with Gasteiger partial charge in [0.1, 0.15) is 5.82 Å². The Labute approximate surface area is 137 Å². The third-order valence-electron chi connectivity index (χ3n) is 5.32. The van der Waals surface area contributed by atoms with Gasteiger partial charge in [-0.3, -0.25) is 4.90 Å². The predicted octanol–water partition coefficient (Wildman–Crippen LogP) is 1.98. The minimum atomic E-state index is 0.260. The lowest BCUT2D eigenvalue weighted by atomic mass is 9.84. The monoisotopic (exact) mass is 309 g/mol. The van der Waals surface area contributed by atoms with Crippen LogP contribution >= 0.6 is 0 Å². The molecular formula is C19H23N3O. The summed E-state index contributed by atoms with van der Waals surface area (Å²) in [6.45, 7) is 4.29. The normalized spacial score (nSPS) is 27.9. The molecule has 1 aromatic carbocycles. The third-order valence-corrected chi connectivity index (χ3v) is 5.32. The zero-order chi connectivity index (χ0) is 15.6. The van der Waals surface area contributed by atoms with E-state index < -0.39 is 0 Å². The van der Waals surface area contributed by atoms with Gasteiger partial charge < -0.3 is 10.0 Å². The van der Waals surface area contributed by atoms with Crippen LogP contribution in [0.1, 0.15) is 11.5 Å². The fraction of sp³-hybridized carbons (Fsp3) is 0.421. The van der Waals surface area contributed by atoms with Crippen molar-refractivity contribution in [2.45, 2.75) is 12.0 Å². The van der Waals surface area contributed by atoms with E-state index in [0.717, 1.165) is 32.0 Å². The zero-order valence-electron chi connectivity index (χ0n) is 13.3. The van der Waals surface area contributed by atoms with E-state index in [0.29, 0.717) is 17.9 Å². The molecule has 2 aliphatic heterocycles. The molecule has 0 radical (unpaired) electrons. The molecule has 3 heterocycles. The van der Waals surface area contributed by atoms with Gasteiger partial charge in [0.25, 0.3) is 0 Å². The second kappa shape index (κ2) is 6.30. The Morgan fingerprint density at radius 2 is 1.83 bits per heavy atom. The molecule has 2 saturated heterocycles. The molecule has 3 atom stereocenters. The zero-order valence-corrected chi connectivity index (χ0v) is 13.3. The molecule has 4 nitrogen and oxygen atoms in total. The highest BCUT2D eigenvalue weighted by atomic mass is 16.3. The van der Waals surface area contributed by atoms with Crippen molar-refractivity contribution in [2.24, 2.45) is 5.92 Å². The Morgan fingerprint density at radius 1 is 1.00 bits per heavy atom. The number of hydrogen-bond acceptors (Lipinski definition) is 4. The van der Waals surface area contributed by atoms with Crippen LogP contribution in [0.15, 0.2) is 54.7 Å². The van der Waals surface area contributed by atoms with E-state index in [9.17, 15) is 5.11 Å². The maximum Gasteiger partial charge on any atom is 0.128 e. The van der Waals surface area contributed by atoms with Crippen molar-refractivity contribution in [2.75, 3.05) is 37.7 Å². The summed E-state index contributed by atoms with van der Waals surface area (Å²) in [6, 6.07) is 17.2. The first kappa shape index (κ1) is 14.7. The molecule has 2 fully saturated rings. The molecule has 0 aliphatic carbocycles. The summed E-state index contributed by atoms with van der Waals surface area (Å²) in [7, 11) is 0. The lowest BCUT2D eigenvalue weighted by Gasteiger charge is -2.40. The number of aliphatic hydroxyl groups is 1. The Bertz CT molecular complexity index is 634. The first-order chi connectivity index (χ1) is 11.4. The second-order valence-corrected chi connectivity index (χ2v) is 6.58. The van der Waals surface area contributed by atoms with Crippen LogP contribution in [-0.2, 0) is 0 Å². The fourth-order valence-electron chi connectivity index (χ4n) is 4.23. The first-order valence-corrected chi connectivity index (χ1v) is 8.42. The summed E-state index contributed by atoms with van der Waals surface area (Å²) in [5.74, 6) is 1.78. The van der Waals surface area contributed by atoms with Crippen molar-refractivity contribution < 1.29 is 5.11 Å². The topological polar surface area (TPSA) is 39.6 Å². The average Bonchev–Trinajstić information content (AvgIpc) is 3.01. The summed E-state index contributed by atoms with van der Waals surface area (Å²) < 4.78 is 0. The number of hydrogen-bond donors (Lipinski definition) is 1. The van der Waals surface area contributed by atoms with Crippen molar-refractivity contribution >= 4 is 5.82 Å². The average molecular weight is 309 g/mol. The summed E-state index contributed by atoms with van der Waals surface area (Å²) in [6.07, 6.45) is 1.86. The molecular weight excluding hydrogens is 286 g/mol. The van der Waals surface area contributed by atoms with Gasteiger partial charge in [0.05, 0.1) is 0 Å². The highest BCUT2D eigenvalue weighted by Gasteiger charge is 2.44. The lowest BCUT2D eigenvalue weighted by Crippen LogP contribution is -2.51. The minimum Gasteiger partial charge on any atom is -0.396 e. The minimum absolute atomic E-state index is 0.260. The van der Waals surface area contributed by atoms with Gasteiger partial charge in [-0.25, -0.2) is 4.98 Å². The molecule has 2 aliphatic rings. The van der Waals surface area contributed by atoms with Gasteiger partial charge >= 0.3 is 0 Å². The molecule has 4 heteroatoms. The molecule has 1 N–H and O–H groups in total. The van der Waals surface area contributed by atoms with Crippen molar-refractivity contribution in [1.82, 2.24) is 9.88 Å². The number of anilines is 1. The van der Waals surface area contributed by atoms with Crippen LogP contribution in [0.5, 0.6) is 0 Å². The van der Waals surface area contributed by atoms with Gasteiger partial charge in [-0.15, -0.1) is 0 Å². The van der Waals surface area contributed by atoms with Gasteiger partial charge in [-0.1, -0.05) is 36.4 Å². The van der Waals surface area contributed by atoms with Crippen molar-refractivity contribution in [3.8, 4) is 0 Å². The first-order valence-electron chi connectivity index (χ1n) is 8.42. The Hall–Kier alpha value is -1.91. The largest absolute Gasteiger partial charge is 0.396 e. The van der Waals surface area contributed by atoms with Crippen molar-refractivity contribution in [1.29, 1.82) is 0 Å². The van der Waals surface area contributed by atoms with Crippen LogP contribution in [0.25, 0.3) is 0 Å². The molecule has 0 amide bonds. The maximum atomic E-state index is 9.88. The van der Waals surface area contributed by atoms with Gasteiger partial charge in [-0.05, 0) is 17.7 Å². The number of piperazine rings is 1. The van der Waals surface area contributed by atoms with E-state index in [1.807, 2.05) is 12.3 Å². The smallest absolute Gasteiger partial charge is 0.128 e. The number of rotatable bonds is 3. The summed E-state index contributed by atoms with van der Waals surface area (Å²) >= 11 is 0. The Balaban J connectivity index is 1.61. The maximum absolute atomic E-state index is 9.88. The van der Waals surface area contributed by atoms with Crippen molar-refractivity contribution in [3.63, 3.8) is 0 Å². The van der Waals surface area contributed by atoms with Crippen LogP contribution in [0, 0.1) is 5.92 Å². The van der Waals surface area contributed by atoms with Gasteiger partial charge in [-0.2, -0.15) is 0 Å². The van der Waals surface area contributed by atoms with E-state index >= 15 is 0 Å². The number of benzene rings is 1. The van der Waals surface area contributed by atoms with Crippen LogP contribution < -0.4 is 4.90 Å². The van der Waals surface area contributed by atoms with Gasteiger partial charge in [0.15, 0.2) is 0 Å². The summed E-state index contributed by atoms with van der Waals surface area (Å²) in [4.78, 5) is 9.45. The van der Waals surface area contributed by atoms with E-state index in [4.69, 9.17) is 0 Å². The molecule has 1 aromatic heterocycles. The van der Waals surface area contributed by atoms with E-state index in [1.165, 1.54) is 5.56 Å². The summed E-state index contributed by atoms with van der Waals surface area (Å²) in [5.41, 5.74) is 1.35. The molecule has 23 heavy (non-hydrogen) atoms. The number of fused-ring (bicyclic) bond motifs is 1. The Kier molecular flexibility index (Phi) is 4.02. The predicted molar refractivity (Wildman–Crippen MR) is 91.6 cm³/mol. The number of aromatic nitrogens is 1. The lowest BCUT2D eigenvalue weighted by molar-refractivity contribution is 0.209. The molecule has 0 bridgehead atoms. The number of pyridine rings is 1. The third kappa shape index (κ3) is 2.73. The standard InChI is InChI=1S/C19H23N3O/c23-14-16-12-21-10-11-22(18-8-4-5-9-20-18)13-17(21)19(16)15-6-2-1-3-7-15/h1-9,16-17,19,23H,10-14H2/t16-,17+,19-/m0/s1. The van der Waals surface area contributed by atoms with Crippen LogP contribution in [0.3, 0.4) is 0 Å². The molecule has 2 aromatic rings. The van der Waals surface area contributed by atoms with Crippen molar-refractivity contribution in [3.05, 3.63) is 60.3 Å². The van der Waals surface area contributed by atoms with E-state index in [-0.39, 0.29) is 6.61 Å². The molecule has 0 saturated carbocycles. The SMILES string of the molecule is OC[C@@H]1CN2CCN(c3ccccn3)C[C@@H]2[C@H]1c1ccccc1.